The van der Waals surface area contributed by atoms with Crippen molar-refractivity contribution in [1.82, 2.24) is 5.32 Å². The molecule has 15 heavy (non-hydrogen) atoms. The van der Waals surface area contributed by atoms with Gasteiger partial charge in [0.15, 0.2) is 0 Å². The second-order valence-electron chi connectivity index (χ2n) is 5.75. The summed E-state index contributed by atoms with van der Waals surface area (Å²) >= 11 is 0. The van der Waals surface area contributed by atoms with Crippen molar-refractivity contribution in [2.45, 2.75) is 70.8 Å². The first-order chi connectivity index (χ1) is 7.36. The topological polar surface area (TPSA) is 12.0 Å². The highest BCUT2D eigenvalue weighted by atomic mass is 14.9. The Kier molecular flexibility index (Phi) is 4.49. The third-order valence-electron chi connectivity index (χ3n) is 4.56. The van der Waals surface area contributed by atoms with Crippen molar-refractivity contribution in [3.05, 3.63) is 0 Å². The molecule has 0 unspecified atom stereocenters. The van der Waals surface area contributed by atoms with Gasteiger partial charge < -0.3 is 5.32 Å². The molecule has 88 valence electrons. The van der Waals surface area contributed by atoms with Gasteiger partial charge in [-0.15, -0.1) is 0 Å². The second-order valence-corrected chi connectivity index (χ2v) is 5.75. The van der Waals surface area contributed by atoms with E-state index in [1.54, 1.807) is 0 Å². The van der Waals surface area contributed by atoms with Crippen LogP contribution in [0.1, 0.15) is 64.7 Å². The van der Waals surface area contributed by atoms with Crippen molar-refractivity contribution in [1.29, 1.82) is 0 Å². The highest BCUT2D eigenvalue weighted by Crippen LogP contribution is 2.28. The molecular weight excluding hydrogens is 182 g/mol. The predicted octanol–water partition coefficient (Wildman–Crippen LogP) is 3.74. The minimum absolute atomic E-state index is 0.767. The van der Waals surface area contributed by atoms with Crippen molar-refractivity contribution in [3.63, 3.8) is 0 Å². The highest BCUT2D eigenvalue weighted by Gasteiger charge is 2.21. The van der Waals surface area contributed by atoms with Gasteiger partial charge in [-0.2, -0.15) is 0 Å². The number of rotatable bonds is 4. The van der Waals surface area contributed by atoms with E-state index in [0.29, 0.717) is 0 Å². The van der Waals surface area contributed by atoms with Crippen molar-refractivity contribution >= 4 is 0 Å². The molecule has 2 aliphatic rings. The Morgan fingerprint density at radius 2 is 1.60 bits per heavy atom. The van der Waals surface area contributed by atoms with Crippen LogP contribution in [0.2, 0.25) is 0 Å². The predicted molar refractivity (Wildman–Crippen MR) is 66.0 cm³/mol. The molecule has 1 nitrogen and oxygen atoms in total. The van der Waals surface area contributed by atoms with E-state index in [-0.39, 0.29) is 0 Å². The van der Waals surface area contributed by atoms with Gasteiger partial charge in [0.2, 0.25) is 0 Å². The summed E-state index contributed by atoms with van der Waals surface area (Å²) in [5.74, 6) is 1.98. The van der Waals surface area contributed by atoms with E-state index < -0.39 is 0 Å². The molecule has 2 aliphatic carbocycles. The molecule has 1 atom stereocenters. The van der Waals surface area contributed by atoms with Crippen LogP contribution in [0.25, 0.3) is 0 Å². The molecule has 0 aliphatic heterocycles. The van der Waals surface area contributed by atoms with Gasteiger partial charge in [0.1, 0.15) is 0 Å². The van der Waals surface area contributed by atoms with Gasteiger partial charge >= 0.3 is 0 Å². The summed E-state index contributed by atoms with van der Waals surface area (Å²) in [5.41, 5.74) is 0. The first-order valence-corrected chi connectivity index (χ1v) is 7.09. The molecule has 0 aromatic carbocycles. The molecule has 2 saturated carbocycles. The van der Waals surface area contributed by atoms with Gasteiger partial charge in [0.25, 0.3) is 0 Å². The summed E-state index contributed by atoms with van der Waals surface area (Å²) in [6.45, 7) is 3.70. The van der Waals surface area contributed by atoms with Gasteiger partial charge in [-0.25, -0.2) is 0 Å². The molecule has 0 saturated heterocycles. The average Bonchev–Trinajstić information content (AvgIpc) is 2.43. The summed E-state index contributed by atoms with van der Waals surface area (Å²) in [6, 6.07) is 0.767. The van der Waals surface area contributed by atoms with E-state index in [1.165, 1.54) is 64.3 Å². The van der Waals surface area contributed by atoms with Crippen molar-refractivity contribution in [2.24, 2.45) is 11.8 Å². The van der Waals surface area contributed by atoms with Crippen molar-refractivity contribution in [2.75, 3.05) is 6.54 Å². The zero-order valence-corrected chi connectivity index (χ0v) is 10.3. The molecule has 0 aromatic rings. The third-order valence-corrected chi connectivity index (χ3v) is 4.56. The Bertz CT molecular complexity index is 166. The lowest BCUT2D eigenvalue weighted by Gasteiger charge is -2.30. The second kappa shape index (κ2) is 5.89. The lowest BCUT2D eigenvalue weighted by molar-refractivity contribution is 0.261. The van der Waals surface area contributed by atoms with Crippen LogP contribution in [0.4, 0.5) is 0 Å². The first kappa shape index (κ1) is 11.4. The van der Waals surface area contributed by atoms with Crippen LogP contribution in [0.3, 0.4) is 0 Å². The summed E-state index contributed by atoms with van der Waals surface area (Å²) in [4.78, 5) is 0. The molecule has 0 bridgehead atoms. The van der Waals surface area contributed by atoms with Gasteiger partial charge in [-0.1, -0.05) is 32.1 Å². The van der Waals surface area contributed by atoms with E-state index in [4.69, 9.17) is 0 Å². The lowest BCUT2D eigenvalue weighted by atomic mass is 9.84. The summed E-state index contributed by atoms with van der Waals surface area (Å²) in [7, 11) is 0. The Balaban J connectivity index is 1.65. The molecule has 1 N–H and O–H groups in total. The van der Waals surface area contributed by atoms with E-state index in [2.05, 4.69) is 12.2 Å². The molecule has 0 radical (unpaired) electrons. The quantitative estimate of drug-likeness (QED) is 0.696. The molecule has 0 amide bonds. The maximum atomic E-state index is 3.78. The zero-order chi connectivity index (χ0) is 10.5. The first-order valence-electron chi connectivity index (χ1n) is 7.09. The normalized spacial score (nSPS) is 27.0. The molecule has 2 fully saturated rings. The minimum atomic E-state index is 0.767. The van der Waals surface area contributed by atoms with E-state index >= 15 is 0 Å². The fraction of sp³-hybridized carbons (Fsp3) is 1.00. The fourth-order valence-electron chi connectivity index (χ4n) is 3.03. The lowest BCUT2D eigenvalue weighted by Crippen LogP contribution is -2.38. The largest absolute Gasteiger partial charge is 0.314 e. The van der Waals surface area contributed by atoms with Crippen LogP contribution in [-0.4, -0.2) is 12.6 Å². The van der Waals surface area contributed by atoms with Crippen molar-refractivity contribution < 1.29 is 0 Å². The van der Waals surface area contributed by atoms with Crippen molar-refractivity contribution in [3.8, 4) is 0 Å². The molecule has 1 heteroatoms. The SMILES string of the molecule is C[C@@H](NCC1CCC1)C1CCCCCC1. The Morgan fingerprint density at radius 3 is 2.13 bits per heavy atom. The molecule has 0 aromatic heterocycles. The zero-order valence-electron chi connectivity index (χ0n) is 10.3. The number of hydrogen-bond donors (Lipinski definition) is 1. The Hall–Kier alpha value is -0.0400. The van der Waals surface area contributed by atoms with Crippen LogP contribution in [-0.2, 0) is 0 Å². The van der Waals surface area contributed by atoms with Crippen LogP contribution >= 0.6 is 0 Å². The fourth-order valence-corrected chi connectivity index (χ4v) is 3.03. The number of nitrogens with one attached hydrogen (secondary N) is 1. The number of hydrogen-bond acceptors (Lipinski definition) is 1. The van der Waals surface area contributed by atoms with Crippen LogP contribution < -0.4 is 5.32 Å². The van der Waals surface area contributed by atoms with Gasteiger partial charge in [-0.3, -0.25) is 0 Å². The van der Waals surface area contributed by atoms with Gasteiger partial charge in [0, 0.05) is 6.04 Å². The van der Waals surface area contributed by atoms with Crippen LogP contribution in [0.5, 0.6) is 0 Å². The van der Waals surface area contributed by atoms with E-state index in [0.717, 1.165) is 17.9 Å². The van der Waals surface area contributed by atoms with E-state index in [1.807, 2.05) is 0 Å². The smallest absolute Gasteiger partial charge is 0.00671 e. The molecule has 2 rings (SSSR count). The van der Waals surface area contributed by atoms with Gasteiger partial charge in [-0.05, 0) is 51.0 Å². The average molecular weight is 209 g/mol. The standard InChI is InChI=1S/C14H27N/c1-12(15-11-13-7-6-8-13)14-9-4-2-3-5-10-14/h12-15H,2-11H2,1H3/t12-/m1/s1. The summed E-state index contributed by atoms with van der Waals surface area (Å²) in [5, 5.41) is 3.78. The summed E-state index contributed by atoms with van der Waals surface area (Å²) in [6.07, 6.45) is 13.3. The maximum absolute atomic E-state index is 3.78. The monoisotopic (exact) mass is 209 g/mol. The summed E-state index contributed by atoms with van der Waals surface area (Å²) < 4.78 is 0. The Labute approximate surface area is 95.0 Å². The maximum Gasteiger partial charge on any atom is 0.00671 e. The Morgan fingerprint density at radius 1 is 0.933 bits per heavy atom. The minimum Gasteiger partial charge on any atom is -0.314 e. The van der Waals surface area contributed by atoms with E-state index in [9.17, 15) is 0 Å². The van der Waals surface area contributed by atoms with Crippen LogP contribution in [0, 0.1) is 11.8 Å². The molecule has 0 spiro atoms. The molecular formula is C14H27N. The third kappa shape index (κ3) is 3.48. The highest BCUT2D eigenvalue weighted by molar-refractivity contribution is 4.78. The van der Waals surface area contributed by atoms with Gasteiger partial charge in [0.05, 0.1) is 0 Å². The molecule has 0 heterocycles. The van der Waals surface area contributed by atoms with Crippen LogP contribution in [0.15, 0.2) is 0 Å².